The molecule has 4 amide bonds. The minimum absolute atomic E-state index is 0.160. The monoisotopic (exact) mass is 448 g/mol. The van der Waals surface area contributed by atoms with E-state index in [2.05, 4.69) is 16.0 Å². The van der Waals surface area contributed by atoms with E-state index in [4.69, 9.17) is 17.2 Å². The standard InChI is InChI=1S/C17H32N6O6S/c1-30-7-5-11(17(28)29)22-16(27)12(8-13(20)24)23-15(26)10(4-2-3-6-18)21-14(25)9-19/h10-12H,2-9,18-19H2,1H3,(H2,20,24)(H,21,25)(H,22,27)(H,23,26)(H,28,29). The number of nitrogens with one attached hydrogen (secondary N) is 3. The second kappa shape index (κ2) is 15.5. The zero-order chi connectivity index (χ0) is 23.1. The lowest BCUT2D eigenvalue weighted by molar-refractivity contribution is -0.142. The summed E-state index contributed by atoms with van der Waals surface area (Å²) in [4.78, 5) is 59.5. The molecule has 3 unspecified atom stereocenters. The molecule has 0 aliphatic rings. The quantitative estimate of drug-likeness (QED) is 0.121. The molecule has 0 heterocycles. The minimum atomic E-state index is -1.39. The molecule has 0 spiro atoms. The Balaban J connectivity index is 5.29. The van der Waals surface area contributed by atoms with Crippen LogP contribution in [-0.4, -0.2) is 77.9 Å². The number of primary amides is 1. The summed E-state index contributed by atoms with van der Waals surface area (Å²) < 4.78 is 0. The van der Waals surface area contributed by atoms with Crippen molar-refractivity contribution in [2.75, 3.05) is 25.1 Å². The van der Waals surface area contributed by atoms with Crippen LogP contribution in [0.25, 0.3) is 0 Å². The summed E-state index contributed by atoms with van der Waals surface area (Å²) in [6.45, 7) is 0.0695. The fourth-order valence-corrected chi connectivity index (χ4v) is 2.93. The lowest BCUT2D eigenvalue weighted by Gasteiger charge is -2.24. The number of rotatable bonds is 16. The first-order valence-electron chi connectivity index (χ1n) is 9.46. The van der Waals surface area contributed by atoms with E-state index in [9.17, 15) is 29.1 Å². The molecule has 0 radical (unpaired) electrons. The molecule has 30 heavy (non-hydrogen) atoms. The van der Waals surface area contributed by atoms with Crippen molar-refractivity contribution < 1.29 is 29.1 Å². The topological polar surface area (TPSA) is 220 Å². The fraction of sp³-hybridized carbons (Fsp3) is 0.706. The highest BCUT2D eigenvalue weighted by molar-refractivity contribution is 7.98. The van der Waals surface area contributed by atoms with Crippen LogP contribution in [0.15, 0.2) is 0 Å². The molecule has 0 fully saturated rings. The van der Waals surface area contributed by atoms with Crippen LogP contribution in [0, 0.1) is 0 Å². The van der Waals surface area contributed by atoms with E-state index in [1.807, 2.05) is 0 Å². The Morgan fingerprint density at radius 3 is 2.00 bits per heavy atom. The summed E-state index contributed by atoms with van der Waals surface area (Å²) in [5.74, 6) is -3.76. The predicted octanol–water partition coefficient (Wildman–Crippen LogP) is -2.76. The first kappa shape index (κ1) is 27.6. The first-order chi connectivity index (χ1) is 14.2. The molecule has 12 nitrogen and oxygen atoms in total. The summed E-state index contributed by atoms with van der Waals surface area (Å²) in [6.07, 6.45) is 2.80. The van der Waals surface area contributed by atoms with Gasteiger partial charge in [-0.25, -0.2) is 4.79 Å². The van der Waals surface area contributed by atoms with Crippen molar-refractivity contribution in [2.24, 2.45) is 17.2 Å². The number of hydrogen-bond donors (Lipinski definition) is 7. The Morgan fingerprint density at radius 1 is 0.900 bits per heavy atom. The molecule has 0 aromatic rings. The number of carboxylic acid groups (broad SMARTS) is 1. The molecule has 0 rings (SSSR count). The number of nitrogens with two attached hydrogens (primary N) is 3. The van der Waals surface area contributed by atoms with Gasteiger partial charge in [-0.1, -0.05) is 0 Å². The van der Waals surface area contributed by atoms with Crippen LogP contribution in [0.1, 0.15) is 32.1 Å². The molecule has 13 heteroatoms. The number of unbranched alkanes of at least 4 members (excludes halogenated alkanes) is 1. The van der Waals surface area contributed by atoms with Crippen LogP contribution in [0.3, 0.4) is 0 Å². The van der Waals surface area contributed by atoms with Crippen LogP contribution in [0.2, 0.25) is 0 Å². The summed E-state index contributed by atoms with van der Waals surface area (Å²) in [6, 6.07) is -3.57. The Labute approximate surface area is 179 Å². The van der Waals surface area contributed by atoms with Gasteiger partial charge in [-0.05, 0) is 44.2 Å². The Hall–Kier alpha value is -2.38. The molecular weight excluding hydrogens is 416 g/mol. The van der Waals surface area contributed by atoms with Gasteiger partial charge in [-0.3, -0.25) is 19.2 Å². The van der Waals surface area contributed by atoms with Gasteiger partial charge in [0, 0.05) is 0 Å². The van der Waals surface area contributed by atoms with Gasteiger partial charge < -0.3 is 38.3 Å². The normalized spacial score (nSPS) is 13.6. The van der Waals surface area contributed by atoms with Crippen molar-refractivity contribution in [3.63, 3.8) is 0 Å². The summed E-state index contributed by atoms with van der Waals surface area (Å²) in [7, 11) is 0. The van der Waals surface area contributed by atoms with E-state index < -0.39 is 54.1 Å². The van der Waals surface area contributed by atoms with Crippen molar-refractivity contribution in [2.45, 2.75) is 50.2 Å². The Morgan fingerprint density at radius 2 is 1.50 bits per heavy atom. The van der Waals surface area contributed by atoms with Crippen molar-refractivity contribution in [1.82, 2.24) is 16.0 Å². The van der Waals surface area contributed by atoms with Gasteiger partial charge in [-0.15, -0.1) is 0 Å². The van der Waals surface area contributed by atoms with E-state index >= 15 is 0 Å². The summed E-state index contributed by atoms with van der Waals surface area (Å²) in [5.41, 5.74) is 15.9. The lowest BCUT2D eigenvalue weighted by Crippen LogP contribution is -2.57. The van der Waals surface area contributed by atoms with E-state index in [1.165, 1.54) is 11.8 Å². The van der Waals surface area contributed by atoms with E-state index in [0.717, 1.165) is 0 Å². The van der Waals surface area contributed by atoms with Crippen LogP contribution >= 0.6 is 11.8 Å². The highest BCUT2D eigenvalue weighted by Crippen LogP contribution is 2.05. The van der Waals surface area contributed by atoms with E-state index in [0.29, 0.717) is 25.1 Å². The van der Waals surface area contributed by atoms with Crippen molar-refractivity contribution in [1.29, 1.82) is 0 Å². The molecular formula is C17H32N6O6S. The van der Waals surface area contributed by atoms with Gasteiger partial charge in [0.1, 0.15) is 18.1 Å². The maximum absolute atomic E-state index is 12.6. The third kappa shape index (κ3) is 11.6. The third-order valence-corrected chi connectivity index (χ3v) is 4.69. The SMILES string of the molecule is CSCCC(NC(=O)C(CC(N)=O)NC(=O)C(CCCCN)NC(=O)CN)C(=O)O. The highest BCUT2D eigenvalue weighted by atomic mass is 32.2. The minimum Gasteiger partial charge on any atom is -0.480 e. The number of aliphatic carboxylic acids is 1. The van der Waals surface area contributed by atoms with Gasteiger partial charge in [0.25, 0.3) is 0 Å². The number of carbonyl (C=O) groups excluding carboxylic acids is 4. The number of thioether (sulfide) groups is 1. The molecule has 0 saturated carbocycles. The number of hydrogen-bond acceptors (Lipinski definition) is 8. The van der Waals surface area contributed by atoms with Crippen LogP contribution < -0.4 is 33.2 Å². The van der Waals surface area contributed by atoms with Crippen molar-refractivity contribution in [3.05, 3.63) is 0 Å². The average Bonchev–Trinajstić information content (AvgIpc) is 2.68. The van der Waals surface area contributed by atoms with E-state index in [1.54, 1.807) is 6.26 Å². The molecule has 0 aromatic carbocycles. The molecule has 0 saturated heterocycles. The van der Waals surface area contributed by atoms with Crippen LogP contribution in [-0.2, 0) is 24.0 Å². The second-order valence-corrected chi connectivity index (χ2v) is 7.51. The van der Waals surface area contributed by atoms with E-state index in [-0.39, 0.29) is 19.4 Å². The van der Waals surface area contributed by atoms with Gasteiger partial charge in [0.2, 0.25) is 23.6 Å². The Bertz CT molecular complexity index is 605. The van der Waals surface area contributed by atoms with Crippen LogP contribution in [0.5, 0.6) is 0 Å². The summed E-state index contributed by atoms with van der Waals surface area (Å²) >= 11 is 1.41. The molecule has 172 valence electrons. The zero-order valence-corrected chi connectivity index (χ0v) is 17.8. The predicted molar refractivity (Wildman–Crippen MR) is 112 cm³/mol. The second-order valence-electron chi connectivity index (χ2n) is 6.52. The number of amides is 4. The van der Waals surface area contributed by atoms with Crippen molar-refractivity contribution >= 4 is 41.4 Å². The maximum Gasteiger partial charge on any atom is 0.326 e. The van der Waals surface area contributed by atoms with Gasteiger partial charge in [0.15, 0.2) is 0 Å². The molecule has 10 N–H and O–H groups in total. The van der Waals surface area contributed by atoms with Crippen LogP contribution in [0.4, 0.5) is 0 Å². The van der Waals surface area contributed by atoms with Gasteiger partial charge in [-0.2, -0.15) is 11.8 Å². The summed E-state index contributed by atoms with van der Waals surface area (Å²) in [5, 5.41) is 16.4. The molecule has 3 atom stereocenters. The molecule has 0 bridgehead atoms. The lowest BCUT2D eigenvalue weighted by atomic mass is 10.1. The fourth-order valence-electron chi connectivity index (χ4n) is 2.46. The van der Waals surface area contributed by atoms with Gasteiger partial charge >= 0.3 is 5.97 Å². The smallest absolute Gasteiger partial charge is 0.326 e. The highest BCUT2D eigenvalue weighted by Gasteiger charge is 2.30. The van der Waals surface area contributed by atoms with Gasteiger partial charge in [0.05, 0.1) is 13.0 Å². The largest absolute Gasteiger partial charge is 0.480 e. The molecule has 0 aromatic heterocycles. The maximum atomic E-state index is 12.6. The third-order valence-electron chi connectivity index (χ3n) is 4.05. The molecule has 0 aliphatic carbocycles. The average molecular weight is 449 g/mol. The zero-order valence-electron chi connectivity index (χ0n) is 17.0. The first-order valence-corrected chi connectivity index (χ1v) is 10.9. The number of carboxylic acids is 1. The van der Waals surface area contributed by atoms with Crippen molar-refractivity contribution in [3.8, 4) is 0 Å². The Kier molecular flexibility index (Phi) is 14.2. The molecule has 0 aliphatic heterocycles. The number of carbonyl (C=O) groups is 5.